The van der Waals surface area contributed by atoms with Crippen molar-refractivity contribution in [2.24, 2.45) is 0 Å². The van der Waals surface area contributed by atoms with Crippen LogP contribution in [0.2, 0.25) is 0 Å². The van der Waals surface area contributed by atoms with Crippen LogP contribution in [0.25, 0.3) is 0 Å². The molecule has 0 aromatic heterocycles. The zero-order valence-electron chi connectivity index (χ0n) is 20.0. The number of hydrogen-bond donors (Lipinski definition) is 0. The molecule has 6 nitrogen and oxygen atoms in total. The third kappa shape index (κ3) is 4.19. The van der Waals surface area contributed by atoms with Gasteiger partial charge in [0.1, 0.15) is 11.5 Å². The smallest absolute Gasteiger partial charge is 0.416 e. The second-order valence-corrected chi connectivity index (χ2v) is 9.94. The average Bonchev–Trinajstić information content (AvgIpc) is 3.44. The number of anilines is 1. The predicted molar refractivity (Wildman–Crippen MR) is 134 cm³/mol. The van der Waals surface area contributed by atoms with Gasteiger partial charge in [-0.3, -0.25) is 9.59 Å². The lowest BCUT2D eigenvalue weighted by molar-refractivity contribution is -0.137. The first-order chi connectivity index (χ1) is 17.7. The minimum absolute atomic E-state index is 0.0554. The van der Waals surface area contributed by atoms with Gasteiger partial charge < -0.3 is 19.3 Å². The molecule has 3 aromatic rings. The van der Waals surface area contributed by atoms with E-state index in [1.165, 1.54) is 43.0 Å². The molecule has 10 heteroatoms. The minimum Gasteiger partial charge on any atom is -0.497 e. The van der Waals surface area contributed by atoms with Crippen LogP contribution >= 0.6 is 11.8 Å². The summed E-state index contributed by atoms with van der Waals surface area (Å²) in [6.07, 6.45) is -4.45. The molecule has 1 spiro atoms. The Morgan fingerprint density at radius 3 is 2.38 bits per heavy atom. The number of rotatable bonds is 5. The Labute approximate surface area is 216 Å². The van der Waals surface area contributed by atoms with Crippen molar-refractivity contribution >= 4 is 29.3 Å². The monoisotopic (exact) mass is 528 g/mol. The third-order valence-electron chi connectivity index (χ3n) is 6.58. The number of alkyl halides is 3. The maximum absolute atomic E-state index is 14.2. The van der Waals surface area contributed by atoms with Crippen LogP contribution in [0.4, 0.5) is 18.9 Å². The zero-order chi connectivity index (χ0) is 26.4. The van der Waals surface area contributed by atoms with Crippen molar-refractivity contribution in [2.75, 3.05) is 31.4 Å². The highest BCUT2D eigenvalue weighted by Gasteiger charge is 2.59. The standard InChI is InChI=1S/C27H23F3N2O4S/c1-35-20-5-3-4-18(14-20)24(33)32-12-13-37-26(32)22-15-21(36-2)10-11-23(22)31(25(26)34)16-17-6-8-19(9-7-17)27(28,29)30/h3-11,14-15H,12-13,16H2,1-2H3/t26-/m0/s1. The quantitative estimate of drug-likeness (QED) is 0.449. The molecule has 3 aromatic carbocycles. The van der Waals surface area contributed by atoms with Gasteiger partial charge in [-0.05, 0) is 54.1 Å². The summed E-state index contributed by atoms with van der Waals surface area (Å²) >= 11 is 1.36. The van der Waals surface area contributed by atoms with Gasteiger partial charge in [0.05, 0.1) is 32.0 Å². The molecule has 1 saturated heterocycles. The Balaban J connectivity index is 1.55. The Kier molecular flexibility index (Phi) is 6.31. The molecule has 0 saturated carbocycles. The lowest BCUT2D eigenvalue weighted by atomic mass is 10.0. The predicted octanol–water partition coefficient (Wildman–Crippen LogP) is 5.31. The SMILES string of the molecule is COc1cccc(C(=O)N2CCS[C@@]23C(=O)N(Cc2ccc(C(F)(F)F)cc2)c2ccc(OC)cc23)c1. The van der Waals surface area contributed by atoms with Gasteiger partial charge in [0.25, 0.3) is 11.8 Å². The number of ether oxygens (including phenoxy) is 2. The molecule has 0 radical (unpaired) electrons. The van der Waals surface area contributed by atoms with Gasteiger partial charge in [0, 0.05) is 23.4 Å². The highest BCUT2D eigenvalue weighted by atomic mass is 32.2. The van der Waals surface area contributed by atoms with Gasteiger partial charge in [-0.25, -0.2) is 0 Å². The minimum atomic E-state index is -4.45. The van der Waals surface area contributed by atoms with Gasteiger partial charge in [-0.2, -0.15) is 13.2 Å². The van der Waals surface area contributed by atoms with Crippen molar-refractivity contribution in [1.29, 1.82) is 0 Å². The van der Waals surface area contributed by atoms with Crippen LogP contribution in [-0.2, 0) is 22.4 Å². The fraction of sp³-hybridized carbons (Fsp3) is 0.259. The molecule has 37 heavy (non-hydrogen) atoms. The molecular formula is C27H23F3N2O4S. The number of nitrogens with zero attached hydrogens (tertiary/aromatic N) is 2. The number of thioether (sulfide) groups is 1. The first-order valence-electron chi connectivity index (χ1n) is 11.5. The molecule has 5 rings (SSSR count). The van der Waals surface area contributed by atoms with Gasteiger partial charge in [-0.15, -0.1) is 11.8 Å². The van der Waals surface area contributed by atoms with Crippen LogP contribution in [0.1, 0.15) is 27.0 Å². The Morgan fingerprint density at radius 2 is 1.70 bits per heavy atom. The molecule has 192 valence electrons. The van der Waals surface area contributed by atoms with Crippen molar-refractivity contribution in [1.82, 2.24) is 4.90 Å². The van der Waals surface area contributed by atoms with E-state index < -0.39 is 16.6 Å². The van der Waals surface area contributed by atoms with Gasteiger partial charge >= 0.3 is 6.18 Å². The number of methoxy groups -OCH3 is 2. The molecule has 0 unspecified atom stereocenters. The molecule has 1 fully saturated rings. The lowest BCUT2D eigenvalue weighted by Gasteiger charge is -2.33. The van der Waals surface area contributed by atoms with Crippen molar-refractivity contribution in [3.8, 4) is 11.5 Å². The van der Waals surface area contributed by atoms with Gasteiger partial charge in [-0.1, -0.05) is 18.2 Å². The van der Waals surface area contributed by atoms with Crippen LogP contribution in [0.3, 0.4) is 0 Å². The van der Waals surface area contributed by atoms with E-state index in [4.69, 9.17) is 9.47 Å². The zero-order valence-corrected chi connectivity index (χ0v) is 20.9. The van der Waals surface area contributed by atoms with E-state index in [0.717, 1.165) is 12.1 Å². The Bertz CT molecular complexity index is 1360. The highest BCUT2D eigenvalue weighted by molar-refractivity contribution is 8.01. The lowest BCUT2D eigenvalue weighted by Crippen LogP contribution is -2.50. The van der Waals surface area contributed by atoms with E-state index in [1.54, 1.807) is 47.4 Å². The molecular weight excluding hydrogens is 505 g/mol. The number of fused-ring (bicyclic) bond motifs is 2. The van der Waals surface area contributed by atoms with Crippen LogP contribution < -0.4 is 14.4 Å². The van der Waals surface area contributed by atoms with Crippen molar-refractivity contribution in [2.45, 2.75) is 17.6 Å². The number of hydrogen-bond acceptors (Lipinski definition) is 5. The first kappa shape index (κ1) is 25.0. The summed E-state index contributed by atoms with van der Waals surface area (Å²) in [5, 5.41) is 0. The summed E-state index contributed by atoms with van der Waals surface area (Å²) in [5.74, 6) is 0.947. The fourth-order valence-corrected chi connectivity index (χ4v) is 6.22. The van der Waals surface area contributed by atoms with E-state index in [0.29, 0.717) is 46.2 Å². The van der Waals surface area contributed by atoms with Crippen molar-refractivity contribution < 1.29 is 32.2 Å². The van der Waals surface area contributed by atoms with Crippen molar-refractivity contribution in [3.05, 3.63) is 89.0 Å². The maximum Gasteiger partial charge on any atom is 0.416 e. The Hall–Kier alpha value is -3.66. The summed E-state index contributed by atoms with van der Waals surface area (Å²) in [6, 6.07) is 16.7. The molecule has 0 bridgehead atoms. The second kappa shape index (κ2) is 9.33. The number of halogens is 3. The van der Waals surface area contributed by atoms with Crippen LogP contribution in [-0.4, -0.2) is 43.2 Å². The highest BCUT2D eigenvalue weighted by Crippen LogP contribution is 2.55. The molecule has 0 N–H and O–H groups in total. The van der Waals surface area contributed by atoms with Crippen LogP contribution in [0, 0.1) is 0 Å². The second-order valence-electron chi connectivity index (χ2n) is 8.65. The largest absolute Gasteiger partial charge is 0.497 e. The summed E-state index contributed by atoms with van der Waals surface area (Å²) in [7, 11) is 3.03. The summed E-state index contributed by atoms with van der Waals surface area (Å²) in [4.78, 5) is 29.7. The number of carbonyl (C=O) groups is 2. The third-order valence-corrected chi connectivity index (χ3v) is 8.00. The van der Waals surface area contributed by atoms with E-state index in [1.807, 2.05) is 0 Å². The van der Waals surface area contributed by atoms with E-state index in [-0.39, 0.29) is 18.4 Å². The molecule has 2 heterocycles. The molecule has 2 aliphatic heterocycles. The van der Waals surface area contributed by atoms with E-state index in [9.17, 15) is 22.8 Å². The summed E-state index contributed by atoms with van der Waals surface area (Å²) in [5.41, 5.74) is 1.37. The maximum atomic E-state index is 14.2. The van der Waals surface area contributed by atoms with Gasteiger partial charge in [0.2, 0.25) is 0 Å². The molecule has 2 amide bonds. The summed E-state index contributed by atoms with van der Waals surface area (Å²) in [6.45, 7) is 0.400. The number of carbonyl (C=O) groups excluding carboxylic acids is 2. The topological polar surface area (TPSA) is 59.1 Å². The molecule has 0 aliphatic carbocycles. The Morgan fingerprint density at radius 1 is 1.00 bits per heavy atom. The number of amides is 2. The van der Waals surface area contributed by atoms with Gasteiger partial charge in [0.15, 0.2) is 4.87 Å². The van der Waals surface area contributed by atoms with E-state index in [2.05, 4.69) is 0 Å². The number of benzene rings is 3. The van der Waals surface area contributed by atoms with E-state index >= 15 is 0 Å². The molecule has 2 aliphatic rings. The average molecular weight is 529 g/mol. The summed E-state index contributed by atoms with van der Waals surface area (Å²) < 4.78 is 49.8. The fourth-order valence-electron chi connectivity index (χ4n) is 4.77. The normalized spacial score (nSPS) is 18.9. The molecule has 1 atom stereocenters. The van der Waals surface area contributed by atoms with Crippen molar-refractivity contribution in [3.63, 3.8) is 0 Å². The first-order valence-corrected chi connectivity index (χ1v) is 12.4. The van der Waals surface area contributed by atoms with Crippen LogP contribution in [0.15, 0.2) is 66.7 Å². The van der Waals surface area contributed by atoms with Crippen LogP contribution in [0.5, 0.6) is 11.5 Å².